The van der Waals surface area contributed by atoms with Crippen molar-refractivity contribution in [3.05, 3.63) is 59.4 Å². The summed E-state index contributed by atoms with van der Waals surface area (Å²) in [6.45, 7) is 7.17. The summed E-state index contributed by atoms with van der Waals surface area (Å²) in [6.07, 6.45) is 1.55. The van der Waals surface area contributed by atoms with Gasteiger partial charge in [0.1, 0.15) is 5.82 Å². The van der Waals surface area contributed by atoms with Gasteiger partial charge in [-0.05, 0) is 68.5 Å². The standard InChI is InChI=1S/C23H28FN3O2/c1-15-4-9-21(16(2)14-15)26-22(28)17(3)18-10-12-27(13-11-18)23(29)25-20-7-5-19(24)6-8-20/h4-9,14,17-18H,10-13H2,1-3H3,(H,25,29)(H,26,28)/t17-/m1/s1. The highest BCUT2D eigenvalue weighted by molar-refractivity contribution is 5.93. The Morgan fingerprint density at radius 1 is 1.03 bits per heavy atom. The number of nitrogens with one attached hydrogen (secondary N) is 2. The number of benzene rings is 2. The van der Waals surface area contributed by atoms with Crippen LogP contribution in [0.2, 0.25) is 0 Å². The number of piperidine rings is 1. The van der Waals surface area contributed by atoms with E-state index in [1.54, 1.807) is 17.0 Å². The number of urea groups is 1. The van der Waals surface area contributed by atoms with E-state index in [4.69, 9.17) is 0 Å². The van der Waals surface area contributed by atoms with Gasteiger partial charge < -0.3 is 15.5 Å². The second-order valence-corrected chi connectivity index (χ2v) is 7.86. The molecule has 1 aliphatic rings. The van der Waals surface area contributed by atoms with Gasteiger partial charge in [-0.15, -0.1) is 0 Å². The Bertz CT molecular complexity index is 874. The predicted octanol–water partition coefficient (Wildman–Crippen LogP) is 4.96. The van der Waals surface area contributed by atoms with Gasteiger partial charge in [-0.25, -0.2) is 9.18 Å². The van der Waals surface area contributed by atoms with Crippen LogP contribution in [0.15, 0.2) is 42.5 Å². The molecule has 1 aliphatic heterocycles. The number of anilines is 2. The molecule has 29 heavy (non-hydrogen) atoms. The highest BCUT2D eigenvalue weighted by Crippen LogP contribution is 2.27. The van der Waals surface area contributed by atoms with Crippen molar-refractivity contribution < 1.29 is 14.0 Å². The molecule has 6 heteroatoms. The maximum absolute atomic E-state index is 13.0. The smallest absolute Gasteiger partial charge is 0.321 e. The number of hydrogen-bond donors (Lipinski definition) is 2. The largest absolute Gasteiger partial charge is 0.326 e. The lowest BCUT2D eigenvalue weighted by molar-refractivity contribution is -0.121. The lowest BCUT2D eigenvalue weighted by Crippen LogP contribution is -2.43. The Labute approximate surface area is 171 Å². The SMILES string of the molecule is Cc1ccc(NC(=O)[C@H](C)C2CCN(C(=O)Nc3ccc(F)cc3)CC2)c(C)c1. The summed E-state index contributed by atoms with van der Waals surface area (Å²) < 4.78 is 13.0. The van der Waals surface area contributed by atoms with Crippen molar-refractivity contribution in [2.75, 3.05) is 23.7 Å². The molecule has 2 aromatic carbocycles. The number of amides is 3. The molecular formula is C23H28FN3O2. The monoisotopic (exact) mass is 397 g/mol. The molecule has 0 spiro atoms. The summed E-state index contributed by atoms with van der Waals surface area (Å²) in [7, 11) is 0. The first-order valence-corrected chi connectivity index (χ1v) is 10.0. The lowest BCUT2D eigenvalue weighted by Gasteiger charge is -2.34. The fraction of sp³-hybridized carbons (Fsp3) is 0.391. The second kappa shape index (κ2) is 9.07. The topological polar surface area (TPSA) is 61.4 Å². The number of halogens is 1. The molecule has 1 atom stereocenters. The van der Waals surface area contributed by atoms with Gasteiger partial charge in [0.2, 0.25) is 5.91 Å². The van der Waals surface area contributed by atoms with Crippen molar-refractivity contribution in [1.29, 1.82) is 0 Å². The summed E-state index contributed by atoms with van der Waals surface area (Å²) in [5.41, 5.74) is 3.64. The summed E-state index contributed by atoms with van der Waals surface area (Å²) >= 11 is 0. The fourth-order valence-corrected chi connectivity index (χ4v) is 3.75. The molecule has 0 aromatic heterocycles. The van der Waals surface area contributed by atoms with Crippen LogP contribution in [0.4, 0.5) is 20.6 Å². The first-order valence-electron chi connectivity index (χ1n) is 10.0. The molecule has 0 unspecified atom stereocenters. The van der Waals surface area contributed by atoms with Crippen LogP contribution in [0, 0.1) is 31.5 Å². The van der Waals surface area contributed by atoms with Crippen molar-refractivity contribution >= 4 is 23.3 Å². The highest BCUT2D eigenvalue weighted by atomic mass is 19.1. The van der Waals surface area contributed by atoms with E-state index in [1.807, 2.05) is 32.9 Å². The molecule has 5 nitrogen and oxygen atoms in total. The molecule has 0 aliphatic carbocycles. The maximum atomic E-state index is 13.0. The van der Waals surface area contributed by atoms with Crippen LogP contribution in [0.5, 0.6) is 0 Å². The molecule has 3 amide bonds. The zero-order chi connectivity index (χ0) is 21.0. The van der Waals surface area contributed by atoms with E-state index in [0.29, 0.717) is 18.8 Å². The third-order valence-electron chi connectivity index (χ3n) is 5.68. The molecule has 2 N–H and O–H groups in total. The van der Waals surface area contributed by atoms with Crippen LogP contribution in [-0.2, 0) is 4.79 Å². The number of aryl methyl sites for hydroxylation is 2. The molecule has 0 radical (unpaired) electrons. The van der Waals surface area contributed by atoms with Gasteiger partial charge in [0, 0.05) is 30.4 Å². The van der Waals surface area contributed by atoms with Crippen LogP contribution in [0.3, 0.4) is 0 Å². The van der Waals surface area contributed by atoms with Crippen molar-refractivity contribution in [2.45, 2.75) is 33.6 Å². The quantitative estimate of drug-likeness (QED) is 0.766. The zero-order valence-corrected chi connectivity index (χ0v) is 17.2. The van der Waals surface area contributed by atoms with Crippen LogP contribution in [0.25, 0.3) is 0 Å². The molecule has 2 aromatic rings. The average molecular weight is 397 g/mol. The van der Waals surface area contributed by atoms with Gasteiger partial charge in [-0.3, -0.25) is 4.79 Å². The summed E-state index contributed by atoms with van der Waals surface area (Å²) in [6, 6.07) is 11.5. The van der Waals surface area contributed by atoms with Crippen molar-refractivity contribution in [3.63, 3.8) is 0 Å². The first-order chi connectivity index (χ1) is 13.8. The van der Waals surface area contributed by atoms with E-state index < -0.39 is 0 Å². The number of likely N-dealkylation sites (tertiary alicyclic amines) is 1. The van der Waals surface area contributed by atoms with E-state index in [-0.39, 0.29) is 29.6 Å². The van der Waals surface area contributed by atoms with Gasteiger partial charge in [-0.2, -0.15) is 0 Å². The van der Waals surface area contributed by atoms with Crippen LogP contribution >= 0.6 is 0 Å². The third-order valence-corrected chi connectivity index (χ3v) is 5.68. The number of rotatable bonds is 4. The minimum Gasteiger partial charge on any atom is -0.326 e. The number of carbonyl (C=O) groups is 2. The summed E-state index contributed by atoms with van der Waals surface area (Å²) in [5.74, 6) is -0.211. The van der Waals surface area contributed by atoms with E-state index in [1.165, 1.54) is 17.7 Å². The molecule has 1 saturated heterocycles. The Balaban J connectivity index is 1.50. The molecule has 1 fully saturated rings. The van der Waals surface area contributed by atoms with Gasteiger partial charge in [0.05, 0.1) is 0 Å². The zero-order valence-electron chi connectivity index (χ0n) is 17.2. The fourth-order valence-electron chi connectivity index (χ4n) is 3.75. The number of carbonyl (C=O) groups excluding carboxylic acids is 2. The Hall–Kier alpha value is -2.89. The van der Waals surface area contributed by atoms with Crippen LogP contribution in [0.1, 0.15) is 30.9 Å². The molecule has 0 saturated carbocycles. The molecule has 154 valence electrons. The van der Waals surface area contributed by atoms with Crippen molar-refractivity contribution in [1.82, 2.24) is 4.90 Å². The van der Waals surface area contributed by atoms with Gasteiger partial charge in [0.25, 0.3) is 0 Å². The maximum Gasteiger partial charge on any atom is 0.321 e. The lowest BCUT2D eigenvalue weighted by atomic mass is 9.85. The molecule has 0 bridgehead atoms. The minimum absolute atomic E-state index is 0.0196. The Kier molecular flexibility index (Phi) is 6.52. The van der Waals surface area contributed by atoms with Crippen LogP contribution in [-0.4, -0.2) is 29.9 Å². The van der Waals surface area contributed by atoms with Gasteiger partial charge in [0.15, 0.2) is 0 Å². The first kappa shape index (κ1) is 20.8. The highest BCUT2D eigenvalue weighted by Gasteiger charge is 2.30. The van der Waals surface area contributed by atoms with Crippen molar-refractivity contribution in [3.8, 4) is 0 Å². The van der Waals surface area contributed by atoms with Crippen LogP contribution < -0.4 is 10.6 Å². The summed E-state index contributed by atoms with van der Waals surface area (Å²) in [4.78, 5) is 26.9. The van der Waals surface area contributed by atoms with Gasteiger partial charge in [-0.1, -0.05) is 24.6 Å². The predicted molar refractivity (Wildman–Crippen MR) is 113 cm³/mol. The average Bonchev–Trinajstić information content (AvgIpc) is 2.71. The number of hydrogen-bond acceptors (Lipinski definition) is 2. The van der Waals surface area contributed by atoms with Gasteiger partial charge >= 0.3 is 6.03 Å². The second-order valence-electron chi connectivity index (χ2n) is 7.86. The van der Waals surface area contributed by atoms with E-state index in [9.17, 15) is 14.0 Å². The van der Waals surface area contributed by atoms with Crippen molar-refractivity contribution in [2.24, 2.45) is 11.8 Å². The molecule has 1 heterocycles. The third kappa shape index (κ3) is 5.34. The summed E-state index contributed by atoms with van der Waals surface area (Å²) in [5, 5.41) is 5.83. The normalized spacial score (nSPS) is 15.7. The number of nitrogens with zero attached hydrogens (tertiary/aromatic N) is 1. The minimum atomic E-state index is -0.336. The Morgan fingerprint density at radius 2 is 1.69 bits per heavy atom. The van der Waals surface area contributed by atoms with E-state index in [0.717, 1.165) is 24.1 Å². The van der Waals surface area contributed by atoms with E-state index in [2.05, 4.69) is 16.7 Å². The Morgan fingerprint density at radius 3 is 2.31 bits per heavy atom. The molecule has 3 rings (SSSR count). The molecular weight excluding hydrogens is 369 g/mol. The van der Waals surface area contributed by atoms with E-state index >= 15 is 0 Å².